The second kappa shape index (κ2) is 6.81. The monoisotopic (exact) mass is 314 g/mol. The predicted octanol–water partition coefficient (Wildman–Crippen LogP) is 1.51. The molecule has 1 N–H and O–H groups in total. The van der Waals surface area contributed by atoms with Crippen molar-refractivity contribution < 1.29 is 9.59 Å². The van der Waals surface area contributed by atoms with Crippen molar-refractivity contribution in [2.24, 2.45) is 5.10 Å². The van der Waals surface area contributed by atoms with Gasteiger partial charge in [-0.25, -0.2) is 5.01 Å². The highest BCUT2D eigenvalue weighted by molar-refractivity contribution is 6.43. The second-order valence-corrected chi connectivity index (χ2v) is 5.84. The third-order valence-corrected chi connectivity index (χ3v) is 4.29. The molecule has 2 aliphatic rings. The van der Waals surface area contributed by atoms with Crippen molar-refractivity contribution >= 4 is 23.2 Å². The van der Waals surface area contributed by atoms with Crippen LogP contribution in [0.25, 0.3) is 0 Å². The number of para-hydroxylation sites is 1. The minimum absolute atomic E-state index is 0.0907. The minimum Gasteiger partial charge on any atom is -0.371 e. The Kier molecular flexibility index (Phi) is 4.60. The maximum absolute atomic E-state index is 12.2. The van der Waals surface area contributed by atoms with Crippen molar-refractivity contribution in [3.8, 4) is 0 Å². The number of carbonyl (C=O) groups is 2. The Labute approximate surface area is 136 Å². The molecule has 2 aliphatic heterocycles. The van der Waals surface area contributed by atoms with Gasteiger partial charge in [0.05, 0.1) is 6.42 Å². The molecule has 1 fully saturated rings. The van der Waals surface area contributed by atoms with Gasteiger partial charge in [0.2, 0.25) is 5.91 Å². The van der Waals surface area contributed by atoms with Crippen LogP contribution >= 0.6 is 0 Å². The molecule has 122 valence electrons. The van der Waals surface area contributed by atoms with Crippen molar-refractivity contribution in [3.05, 3.63) is 29.8 Å². The van der Waals surface area contributed by atoms with E-state index >= 15 is 0 Å². The summed E-state index contributed by atoms with van der Waals surface area (Å²) < 4.78 is 0. The molecular formula is C17H22N4O2. The van der Waals surface area contributed by atoms with Gasteiger partial charge in [0.15, 0.2) is 0 Å². The highest BCUT2D eigenvalue weighted by Gasteiger charge is 2.27. The summed E-state index contributed by atoms with van der Waals surface area (Å²) in [7, 11) is 0. The highest BCUT2D eigenvalue weighted by atomic mass is 16.2. The molecule has 3 rings (SSSR count). The maximum Gasteiger partial charge on any atom is 0.268 e. The van der Waals surface area contributed by atoms with Gasteiger partial charge in [-0.05, 0) is 31.4 Å². The average Bonchev–Trinajstić information content (AvgIpc) is 3.22. The van der Waals surface area contributed by atoms with Gasteiger partial charge in [0.25, 0.3) is 5.91 Å². The van der Waals surface area contributed by atoms with E-state index in [0.717, 1.165) is 18.7 Å². The summed E-state index contributed by atoms with van der Waals surface area (Å²) in [6.45, 7) is 4.92. The molecule has 6 heteroatoms. The number of nitrogens with one attached hydrogen (secondary N) is 1. The lowest BCUT2D eigenvalue weighted by atomic mass is 10.1. The third-order valence-electron chi connectivity index (χ3n) is 4.29. The summed E-state index contributed by atoms with van der Waals surface area (Å²) in [6.07, 6.45) is 2.52. The molecule has 0 saturated carbocycles. The fraction of sp³-hybridized carbons (Fsp3) is 0.471. The molecule has 0 aliphatic carbocycles. The lowest BCUT2D eigenvalue weighted by Gasteiger charge is -2.21. The van der Waals surface area contributed by atoms with Crippen LogP contribution in [0.15, 0.2) is 29.4 Å². The van der Waals surface area contributed by atoms with Gasteiger partial charge in [-0.3, -0.25) is 9.59 Å². The second-order valence-electron chi connectivity index (χ2n) is 5.84. The number of rotatable bonds is 5. The molecule has 0 bridgehead atoms. The van der Waals surface area contributed by atoms with Crippen LogP contribution in [0.5, 0.6) is 0 Å². The Balaban J connectivity index is 1.65. The molecule has 23 heavy (non-hydrogen) atoms. The summed E-state index contributed by atoms with van der Waals surface area (Å²) in [5.74, 6) is -0.374. The van der Waals surface area contributed by atoms with Gasteiger partial charge in [-0.1, -0.05) is 18.2 Å². The van der Waals surface area contributed by atoms with E-state index in [0.29, 0.717) is 18.8 Å². The smallest absolute Gasteiger partial charge is 0.268 e. The first kappa shape index (κ1) is 15.5. The molecule has 0 spiro atoms. The van der Waals surface area contributed by atoms with Crippen LogP contribution in [0, 0.1) is 0 Å². The van der Waals surface area contributed by atoms with E-state index in [9.17, 15) is 9.59 Å². The number of carbonyl (C=O) groups excluding carboxylic acids is 2. The number of hydrogen-bond acceptors (Lipinski definition) is 4. The number of anilines is 1. The normalized spacial score (nSPS) is 17.6. The zero-order valence-corrected chi connectivity index (χ0v) is 13.4. The maximum atomic E-state index is 12.2. The molecular weight excluding hydrogens is 292 g/mol. The lowest BCUT2D eigenvalue weighted by Crippen LogP contribution is -2.31. The van der Waals surface area contributed by atoms with Crippen LogP contribution in [0.3, 0.4) is 0 Å². The molecule has 1 aromatic carbocycles. The quantitative estimate of drug-likeness (QED) is 0.896. The molecule has 0 aromatic heterocycles. The van der Waals surface area contributed by atoms with Crippen molar-refractivity contribution in [1.82, 2.24) is 10.3 Å². The molecule has 2 amide bonds. The molecule has 1 aromatic rings. The Morgan fingerprint density at radius 1 is 1.26 bits per heavy atom. The summed E-state index contributed by atoms with van der Waals surface area (Å²) in [5, 5.41) is 8.31. The van der Waals surface area contributed by atoms with E-state index in [4.69, 9.17) is 0 Å². The van der Waals surface area contributed by atoms with Gasteiger partial charge in [0.1, 0.15) is 5.71 Å². The van der Waals surface area contributed by atoms with E-state index in [1.165, 1.54) is 23.5 Å². The number of benzene rings is 1. The van der Waals surface area contributed by atoms with Crippen LogP contribution in [-0.4, -0.2) is 42.2 Å². The summed E-state index contributed by atoms with van der Waals surface area (Å²) in [4.78, 5) is 26.2. The van der Waals surface area contributed by atoms with Crippen molar-refractivity contribution in [1.29, 1.82) is 0 Å². The van der Waals surface area contributed by atoms with Crippen molar-refractivity contribution in [2.45, 2.75) is 32.7 Å². The van der Waals surface area contributed by atoms with Crippen LogP contribution in [0.1, 0.15) is 31.7 Å². The van der Waals surface area contributed by atoms with Gasteiger partial charge >= 0.3 is 0 Å². The van der Waals surface area contributed by atoms with E-state index in [2.05, 4.69) is 21.4 Å². The van der Waals surface area contributed by atoms with Crippen LogP contribution in [-0.2, 0) is 16.1 Å². The van der Waals surface area contributed by atoms with Crippen LogP contribution in [0.4, 0.5) is 5.69 Å². The SMILES string of the molecule is CCN1N=C(C(=O)NCc2ccccc2N2CCCC2)CC1=O. The third kappa shape index (κ3) is 3.36. The summed E-state index contributed by atoms with van der Waals surface area (Å²) in [6, 6.07) is 8.14. The zero-order valence-electron chi connectivity index (χ0n) is 13.4. The van der Waals surface area contributed by atoms with Gasteiger partial charge in [0, 0.05) is 31.9 Å². The van der Waals surface area contributed by atoms with Gasteiger partial charge in [-0.2, -0.15) is 5.10 Å². The van der Waals surface area contributed by atoms with E-state index in [1.54, 1.807) is 0 Å². The Morgan fingerprint density at radius 3 is 2.70 bits per heavy atom. The van der Waals surface area contributed by atoms with Crippen molar-refractivity contribution in [2.75, 3.05) is 24.5 Å². The summed E-state index contributed by atoms with van der Waals surface area (Å²) in [5.41, 5.74) is 2.58. The molecule has 0 atom stereocenters. The molecule has 0 radical (unpaired) electrons. The molecule has 0 unspecified atom stereocenters. The number of hydrogen-bond donors (Lipinski definition) is 1. The predicted molar refractivity (Wildman–Crippen MR) is 89.2 cm³/mol. The summed E-state index contributed by atoms with van der Waals surface area (Å²) >= 11 is 0. The largest absolute Gasteiger partial charge is 0.371 e. The molecule has 1 saturated heterocycles. The fourth-order valence-corrected chi connectivity index (χ4v) is 3.05. The highest BCUT2D eigenvalue weighted by Crippen LogP contribution is 2.24. The minimum atomic E-state index is -0.259. The van der Waals surface area contributed by atoms with Crippen LogP contribution in [0.2, 0.25) is 0 Å². The molecule has 2 heterocycles. The van der Waals surface area contributed by atoms with E-state index < -0.39 is 0 Å². The number of nitrogens with zero attached hydrogens (tertiary/aromatic N) is 3. The Hall–Kier alpha value is -2.37. The topological polar surface area (TPSA) is 65.0 Å². The number of hydrazone groups is 1. The Bertz CT molecular complexity index is 635. The standard InChI is InChI=1S/C17H22N4O2/c1-2-21-16(22)11-14(19-21)17(23)18-12-13-7-3-4-8-15(13)20-9-5-6-10-20/h3-4,7-8H,2,5-6,9-12H2,1H3,(H,18,23). The van der Waals surface area contributed by atoms with Crippen LogP contribution < -0.4 is 10.2 Å². The van der Waals surface area contributed by atoms with Gasteiger partial charge < -0.3 is 10.2 Å². The average molecular weight is 314 g/mol. The number of amides is 2. The Morgan fingerprint density at radius 2 is 2.00 bits per heavy atom. The fourth-order valence-electron chi connectivity index (χ4n) is 3.05. The first-order valence-corrected chi connectivity index (χ1v) is 8.18. The van der Waals surface area contributed by atoms with Gasteiger partial charge in [-0.15, -0.1) is 0 Å². The van der Waals surface area contributed by atoms with E-state index in [1.807, 2.05) is 25.1 Å². The first-order chi connectivity index (χ1) is 11.2. The lowest BCUT2D eigenvalue weighted by molar-refractivity contribution is -0.128. The van der Waals surface area contributed by atoms with E-state index in [-0.39, 0.29) is 18.2 Å². The van der Waals surface area contributed by atoms with Crippen molar-refractivity contribution in [3.63, 3.8) is 0 Å². The zero-order chi connectivity index (χ0) is 16.2. The first-order valence-electron chi connectivity index (χ1n) is 8.18. The molecule has 6 nitrogen and oxygen atoms in total.